The molecule has 0 fully saturated rings. The van der Waals surface area contributed by atoms with Crippen LogP contribution < -0.4 is 20.4 Å². The Morgan fingerprint density at radius 1 is 1.03 bits per heavy atom. The zero-order valence-corrected chi connectivity index (χ0v) is 23.7. The van der Waals surface area contributed by atoms with Crippen LogP contribution in [-0.2, 0) is 16.1 Å². The Balaban J connectivity index is 1.58. The van der Waals surface area contributed by atoms with Gasteiger partial charge >= 0.3 is 0 Å². The lowest BCUT2D eigenvalue weighted by atomic mass is 9.73. The van der Waals surface area contributed by atoms with Crippen LogP contribution >= 0.6 is 11.6 Å². The molecule has 39 heavy (non-hydrogen) atoms. The predicted octanol–water partition coefficient (Wildman–Crippen LogP) is 6.34. The molecule has 0 saturated carbocycles. The Morgan fingerprint density at radius 2 is 1.72 bits per heavy atom. The van der Waals surface area contributed by atoms with Crippen LogP contribution in [-0.4, -0.2) is 32.3 Å². The molecule has 1 unspecified atom stereocenters. The molecule has 1 aliphatic carbocycles. The number of para-hydroxylation sites is 2. The first-order valence-electron chi connectivity index (χ1n) is 13.3. The second-order valence-corrected chi connectivity index (χ2v) is 11.8. The van der Waals surface area contributed by atoms with Crippen LogP contribution in [0.5, 0.6) is 0 Å². The molecular formula is C32H35ClN4O2. The number of hydrogen-bond donors (Lipinski definition) is 2. The molecule has 1 atom stereocenters. The lowest BCUT2D eigenvalue weighted by Crippen LogP contribution is -2.42. The predicted molar refractivity (Wildman–Crippen MR) is 159 cm³/mol. The van der Waals surface area contributed by atoms with Crippen LogP contribution in [0, 0.1) is 5.41 Å². The van der Waals surface area contributed by atoms with Gasteiger partial charge in [0.2, 0.25) is 5.91 Å². The van der Waals surface area contributed by atoms with E-state index in [2.05, 4.69) is 53.6 Å². The SMILES string of the molecule is CN(C)c1ccc(C2C3=C(CC(C)(C)CC3=O)Nc3ccccc3N2CC(=O)NCc2ccccc2Cl)cc1. The third-order valence-electron chi connectivity index (χ3n) is 7.48. The molecule has 6 nitrogen and oxygen atoms in total. The minimum absolute atomic E-state index is 0.0801. The normalized spacial score (nSPS) is 18.0. The summed E-state index contributed by atoms with van der Waals surface area (Å²) in [5, 5.41) is 7.26. The first-order valence-corrected chi connectivity index (χ1v) is 13.7. The van der Waals surface area contributed by atoms with Crippen molar-refractivity contribution in [1.82, 2.24) is 5.32 Å². The van der Waals surface area contributed by atoms with E-state index in [4.69, 9.17) is 11.6 Å². The van der Waals surface area contributed by atoms with Gasteiger partial charge in [-0.15, -0.1) is 0 Å². The van der Waals surface area contributed by atoms with E-state index in [9.17, 15) is 9.59 Å². The quantitative estimate of drug-likeness (QED) is 0.380. The average molecular weight is 543 g/mol. The van der Waals surface area contributed by atoms with Crippen molar-refractivity contribution in [2.45, 2.75) is 39.3 Å². The molecule has 0 radical (unpaired) electrons. The van der Waals surface area contributed by atoms with Gasteiger partial charge < -0.3 is 20.4 Å². The topological polar surface area (TPSA) is 64.7 Å². The fourth-order valence-corrected chi connectivity index (χ4v) is 5.78. The van der Waals surface area contributed by atoms with E-state index in [1.165, 1.54) is 0 Å². The molecule has 2 N–H and O–H groups in total. The average Bonchev–Trinajstić information content (AvgIpc) is 3.02. The van der Waals surface area contributed by atoms with Gasteiger partial charge in [0.05, 0.1) is 24.0 Å². The number of ketones is 1. The monoisotopic (exact) mass is 542 g/mol. The number of nitrogens with zero attached hydrogens (tertiary/aromatic N) is 2. The maximum Gasteiger partial charge on any atom is 0.239 e. The molecule has 0 saturated heterocycles. The number of anilines is 3. The molecule has 7 heteroatoms. The minimum Gasteiger partial charge on any atom is -0.378 e. The van der Waals surface area contributed by atoms with Crippen LogP contribution in [0.25, 0.3) is 0 Å². The lowest BCUT2D eigenvalue weighted by Gasteiger charge is -2.38. The molecule has 3 aromatic carbocycles. The van der Waals surface area contributed by atoms with Crippen molar-refractivity contribution < 1.29 is 9.59 Å². The summed E-state index contributed by atoms with van der Waals surface area (Å²) in [6.45, 7) is 4.67. The van der Waals surface area contributed by atoms with Gasteiger partial charge in [0.25, 0.3) is 0 Å². The number of carbonyl (C=O) groups is 2. The van der Waals surface area contributed by atoms with Crippen molar-refractivity contribution in [2.24, 2.45) is 5.41 Å². The number of hydrogen-bond acceptors (Lipinski definition) is 5. The summed E-state index contributed by atoms with van der Waals surface area (Å²) in [5.74, 6) is -0.0306. The summed E-state index contributed by atoms with van der Waals surface area (Å²) in [7, 11) is 4.01. The van der Waals surface area contributed by atoms with Gasteiger partial charge in [0.15, 0.2) is 5.78 Å². The zero-order valence-electron chi connectivity index (χ0n) is 22.9. The second-order valence-electron chi connectivity index (χ2n) is 11.4. The molecule has 0 spiro atoms. The number of allylic oxidation sites excluding steroid dienone is 1. The molecule has 202 valence electrons. The summed E-state index contributed by atoms with van der Waals surface area (Å²) >= 11 is 6.32. The van der Waals surface area contributed by atoms with Crippen molar-refractivity contribution in [3.8, 4) is 0 Å². The van der Waals surface area contributed by atoms with Gasteiger partial charge in [0.1, 0.15) is 0 Å². The Kier molecular flexibility index (Phi) is 7.41. The first-order chi connectivity index (χ1) is 18.6. The number of halogens is 1. The van der Waals surface area contributed by atoms with Crippen molar-refractivity contribution in [3.63, 3.8) is 0 Å². The van der Waals surface area contributed by atoms with E-state index in [0.29, 0.717) is 18.0 Å². The number of amides is 1. The number of rotatable bonds is 6. The largest absolute Gasteiger partial charge is 0.378 e. The van der Waals surface area contributed by atoms with Crippen LogP contribution in [0.1, 0.15) is 43.9 Å². The van der Waals surface area contributed by atoms with E-state index < -0.39 is 6.04 Å². The Morgan fingerprint density at radius 3 is 2.44 bits per heavy atom. The molecule has 2 aliphatic rings. The Labute approximate surface area is 235 Å². The maximum absolute atomic E-state index is 13.8. The highest BCUT2D eigenvalue weighted by Gasteiger charge is 2.41. The molecule has 0 aromatic heterocycles. The minimum atomic E-state index is -0.415. The maximum atomic E-state index is 13.8. The van der Waals surface area contributed by atoms with Gasteiger partial charge in [-0.25, -0.2) is 0 Å². The van der Waals surface area contributed by atoms with E-state index in [-0.39, 0.29) is 23.7 Å². The first kappa shape index (κ1) is 26.8. The van der Waals surface area contributed by atoms with Gasteiger partial charge in [-0.05, 0) is 53.3 Å². The number of Topliss-reactive ketones (excluding diaryl/α,β-unsaturated/α-hetero) is 1. The third kappa shape index (κ3) is 5.66. The highest BCUT2D eigenvalue weighted by atomic mass is 35.5. The van der Waals surface area contributed by atoms with E-state index in [0.717, 1.165) is 45.9 Å². The van der Waals surface area contributed by atoms with Crippen molar-refractivity contribution in [1.29, 1.82) is 0 Å². The fraction of sp³-hybridized carbons (Fsp3) is 0.312. The van der Waals surface area contributed by atoms with Crippen LogP contribution in [0.2, 0.25) is 5.02 Å². The standard InChI is InChI=1S/C32H35ClN4O2/c1-32(2)17-26-30(28(38)18-32)31(21-13-15-23(16-14-21)36(3)4)37(27-12-8-7-11-25(27)35-26)20-29(39)34-19-22-9-5-6-10-24(22)33/h5-16,31,35H,17-20H2,1-4H3,(H,34,39). The Bertz CT molecular complexity index is 1430. The van der Waals surface area contributed by atoms with Crippen LogP contribution in [0.3, 0.4) is 0 Å². The van der Waals surface area contributed by atoms with Gasteiger partial charge in [-0.1, -0.05) is 67.9 Å². The van der Waals surface area contributed by atoms with Crippen LogP contribution in [0.15, 0.2) is 84.1 Å². The van der Waals surface area contributed by atoms with E-state index in [1.807, 2.05) is 67.5 Å². The number of benzene rings is 3. The summed E-state index contributed by atoms with van der Waals surface area (Å²) in [6, 6.07) is 23.3. The van der Waals surface area contributed by atoms with Gasteiger partial charge in [-0.2, -0.15) is 0 Å². The van der Waals surface area contributed by atoms with Crippen molar-refractivity contribution in [2.75, 3.05) is 35.8 Å². The zero-order chi connectivity index (χ0) is 27.7. The highest BCUT2D eigenvalue weighted by Crippen LogP contribution is 2.48. The van der Waals surface area contributed by atoms with E-state index >= 15 is 0 Å². The molecule has 3 aromatic rings. The van der Waals surface area contributed by atoms with E-state index in [1.54, 1.807) is 0 Å². The number of nitrogens with one attached hydrogen (secondary N) is 2. The van der Waals surface area contributed by atoms with Crippen molar-refractivity contribution >= 4 is 40.4 Å². The Hall–Kier alpha value is -3.77. The summed E-state index contributed by atoms with van der Waals surface area (Å²) in [6.07, 6.45) is 1.21. The van der Waals surface area contributed by atoms with Crippen molar-refractivity contribution in [3.05, 3.63) is 100 Å². The highest BCUT2D eigenvalue weighted by molar-refractivity contribution is 6.31. The van der Waals surface area contributed by atoms with Gasteiger partial charge in [0, 0.05) is 49.0 Å². The van der Waals surface area contributed by atoms with Gasteiger partial charge in [-0.3, -0.25) is 9.59 Å². The molecule has 0 bridgehead atoms. The summed E-state index contributed by atoms with van der Waals surface area (Å²) < 4.78 is 0. The van der Waals surface area contributed by atoms with Crippen LogP contribution in [0.4, 0.5) is 17.1 Å². The molecule has 1 aliphatic heterocycles. The number of fused-ring (bicyclic) bond motifs is 1. The molecule has 1 amide bonds. The smallest absolute Gasteiger partial charge is 0.239 e. The molecular weight excluding hydrogens is 508 g/mol. The number of carbonyl (C=O) groups excluding carboxylic acids is 2. The summed E-state index contributed by atoms with van der Waals surface area (Å²) in [5.41, 5.74) is 6.19. The molecule has 5 rings (SSSR count). The summed E-state index contributed by atoms with van der Waals surface area (Å²) in [4.78, 5) is 31.4. The lowest BCUT2D eigenvalue weighted by molar-refractivity contribution is -0.120. The third-order valence-corrected chi connectivity index (χ3v) is 7.85. The molecule has 1 heterocycles. The fourth-order valence-electron chi connectivity index (χ4n) is 5.57. The second kappa shape index (κ2) is 10.8.